The van der Waals surface area contributed by atoms with E-state index in [1.165, 1.54) is 20.1 Å². The number of methoxy groups -OCH3 is 2. The number of benzene rings is 1. The molecule has 9 heteroatoms. The molecule has 0 heterocycles. The average molecular weight is 414 g/mol. The zero-order chi connectivity index (χ0) is 21.3. The first-order chi connectivity index (χ1) is 13.2. The minimum atomic E-state index is -1.18. The molecule has 154 valence electrons. The topological polar surface area (TPSA) is 100 Å². The summed E-state index contributed by atoms with van der Waals surface area (Å²) >= 11 is 6.25. The Morgan fingerprint density at radius 3 is 2.43 bits per heavy atom. The number of carbonyl (C=O) groups is 3. The van der Waals surface area contributed by atoms with E-state index in [0.29, 0.717) is 34.6 Å². The highest BCUT2D eigenvalue weighted by Crippen LogP contribution is 2.37. The van der Waals surface area contributed by atoms with Gasteiger partial charge < -0.3 is 18.9 Å². The molecule has 0 radical (unpaired) electrons. The van der Waals surface area contributed by atoms with Crippen LogP contribution in [0.4, 0.5) is 4.79 Å². The number of halogens is 1. The van der Waals surface area contributed by atoms with Gasteiger partial charge in [-0.15, -0.1) is 0 Å². The van der Waals surface area contributed by atoms with Crippen LogP contribution in [-0.4, -0.2) is 44.9 Å². The number of hydrogen-bond donors (Lipinski definition) is 1. The molecule has 8 nitrogen and oxygen atoms in total. The van der Waals surface area contributed by atoms with E-state index in [-0.39, 0.29) is 0 Å². The average Bonchev–Trinajstić information content (AvgIpc) is 2.64. The van der Waals surface area contributed by atoms with Gasteiger partial charge in [-0.2, -0.15) is 0 Å². The van der Waals surface area contributed by atoms with Gasteiger partial charge in [0.05, 0.1) is 25.8 Å². The SMILES string of the molecule is COC(=O)NC(=O)[C@H](C)OC(=O)/C=C/c1cc(Cl)c(OCC(C)C)c(OC)c1. The summed E-state index contributed by atoms with van der Waals surface area (Å²) in [5, 5.41) is 2.24. The van der Waals surface area contributed by atoms with Crippen LogP contribution in [0.1, 0.15) is 26.3 Å². The van der Waals surface area contributed by atoms with Gasteiger partial charge in [-0.05, 0) is 36.6 Å². The van der Waals surface area contributed by atoms with E-state index >= 15 is 0 Å². The highest BCUT2D eigenvalue weighted by molar-refractivity contribution is 6.32. The molecule has 0 unspecified atom stereocenters. The molecule has 0 bridgehead atoms. The second kappa shape index (κ2) is 11.2. The van der Waals surface area contributed by atoms with Crippen LogP contribution in [0.5, 0.6) is 11.5 Å². The van der Waals surface area contributed by atoms with Gasteiger partial charge in [0.15, 0.2) is 17.6 Å². The van der Waals surface area contributed by atoms with Gasteiger partial charge in [0, 0.05) is 6.08 Å². The second-order valence-electron chi connectivity index (χ2n) is 6.13. The van der Waals surface area contributed by atoms with Crippen molar-refractivity contribution in [3.63, 3.8) is 0 Å². The monoisotopic (exact) mass is 413 g/mol. The lowest BCUT2D eigenvalue weighted by molar-refractivity contribution is -0.149. The fourth-order valence-corrected chi connectivity index (χ4v) is 2.18. The maximum absolute atomic E-state index is 11.9. The number of esters is 1. The lowest BCUT2D eigenvalue weighted by atomic mass is 10.2. The Morgan fingerprint density at radius 1 is 1.18 bits per heavy atom. The van der Waals surface area contributed by atoms with Crippen molar-refractivity contribution >= 4 is 35.6 Å². The first kappa shape index (κ1) is 23.3. The highest BCUT2D eigenvalue weighted by atomic mass is 35.5. The second-order valence-corrected chi connectivity index (χ2v) is 6.54. The Balaban J connectivity index is 2.80. The van der Waals surface area contributed by atoms with Crippen LogP contribution >= 0.6 is 11.6 Å². The number of hydrogen-bond acceptors (Lipinski definition) is 7. The maximum atomic E-state index is 11.9. The van der Waals surface area contributed by atoms with Gasteiger partial charge in [-0.3, -0.25) is 10.1 Å². The van der Waals surface area contributed by atoms with E-state index in [1.54, 1.807) is 12.1 Å². The molecule has 0 aliphatic rings. The molecule has 1 aromatic rings. The summed E-state index contributed by atoms with van der Waals surface area (Å²) in [5.74, 6) is -0.418. The molecule has 0 aromatic heterocycles. The molecular formula is C19H24ClNO7. The van der Waals surface area contributed by atoms with Crippen molar-refractivity contribution < 1.29 is 33.3 Å². The minimum absolute atomic E-state index is 0.313. The molecule has 1 N–H and O–H groups in total. The molecule has 1 atom stereocenters. The summed E-state index contributed by atoms with van der Waals surface area (Å²) in [5.41, 5.74) is 0.572. The van der Waals surface area contributed by atoms with Crippen molar-refractivity contribution in [2.24, 2.45) is 5.92 Å². The van der Waals surface area contributed by atoms with Crippen molar-refractivity contribution in [1.29, 1.82) is 0 Å². The lowest BCUT2D eigenvalue weighted by Gasteiger charge is -2.14. The molecule has 1 rings (SSSR count). The van der Waals surface area contributed by atoms with E-state index in [2.05, 4.69) is 4.74 Å². The van der Waals surface area contributed by atoms with Crippen LogP contribution in [0, 0.1) is 5.92 Å². The van der Waals surface area contributed by atoms with E-state index < -0.39 is 24.1 Å². The molecule has 0 spiro atoms. The maximum Gasteiger partial charge on any atom is 0.413 e. The number of ether oxygens (including phenoxy) is 4. The van der Waals surface area contributed by atoms with Crippen LogP contribution in [-0.2, 0) is 19.1 Å². The number of imide groups is 1. The molecule has 0 aliphatic heterocycles. The van der Waals surface area contributed by atoms with Gasteiger partial charge in [-0.1, -0.05) is 25.4 Å². The summed E-state index contributed by atoms with van der Waals surface area (Å²) in [6, 6.07) is 3.26. The van der Waals surface area contributed by atoms with Crippen molar-refractivity contribution in [3.05, 3.63) is 28.8 Å². The number of rotatable bonds is 8. The third-order valence-electron chi connectivity index (χ3n) is 3.30. The molecule has 0 aliphatic carbocycles. The summed E-state index contributed by atoms with van der Waals surface area (Å²) in [4.78, 5) is 34.5. The van der Waals surface area contributed by atoms with Crippen molar-refractivity contribution in [3.8, 4) is 11.5 Å². The third kappa shape index (κ3) is 7.48. The third-order valence-corrected chi connectivity index (χ3v) is 3.58. The number of amides is 2. The number of alkyl carbamates (subject to hydrolysis) is 1. The summed E-state index contributed by atoms with van der Waals surface area (Å²) in [6.07, 6.45) is 0.460. The quantitative estimate of drug-likeness (QED) is 0.515. The fourth-order valence-electron chi connectivity index (χ4n) is 1.91. The molecule has 0 saturated carbocycles. The number of carbonyl (C=O) groups excluding carboxylic acids is 3. The van der Waals surface area contributed by atoms with E-state index in [0.717, 1.165) is 13.2 Å². The summed E-state index contributed by atoms with van der Waals surface area (Å²) in [7, 11) is 2.60. The van der Waals surface area contributed by atoms with Crippen molar-refractivity contribution in [1.82, 2.24) is 5.32 Å². The van der Waals surface area contributed by atoms with Gasteiger partial charge in [-0.25, -0.2) is 9.59 Å². The van der Waals surface area contributed by atoms with Crippen LogP contribution in [0.15, 0.2) is 18.2 Å². The van der Waals surface area contributed by atoms with E-state index in [1.807, 2.05) is 19.2 Å². The number of nitrogens with one attached hydrogen (secondary N) is 1. The van der Waals surface area contributed by atoms with Crippen molar-refractivity contribution in [2.45, 2.75) is 26.9 Å². The Labute approximate surface area is 168 Å². The Kier molecular flexibility index (Phi) is 9.31. The zero-order valence-electron chi connectivity index (χ0n) is 16.4. The van der Waals surface area contributed by atoms with Gasteiger partial charge >= 0.3 is 12.1 Å². The van der Waals surface area contributed by atoms with E-state index in [9.17, 15) is 14.4 Å². The Bertz CT molecular complexity index is 746. The zero-order valence-corrected chi connectivity index (χ0v) is 17.2. The smallest absolute Gasteiger partial charge is 0.413 e. The van der Waals surface area contributed by atoms with Crippen molar-refractivity contribution in [2.75, 3.05) is 20.8 Å². The minimum Gasteiger partial charge on any atom is -0.493 e. The fraction of sp³-hybridized carbons (Fsp3) is 0.421. The Hall–Kier alpha value is -2.74. The largest absolute Gasteiger partial charge is 0.493 e. The standard InChI is InChI=1S/C19H24ClNO7/c1-11(2)10-27-17-14(20)8-13(9-15(17)25-4)6-7-16(22)28-12(3)18(23)21-19(24)26-5/h6-9,11-12H,10H2,1-5H3,(H,21,23,24)/b7-6+/t12-/m0/s1. The lowest BCUT2D eigenvalue weighted by Crippen LogP contribution is -2.39. The van der Waals surface area contributed by atoms with Crippen LogP contribution in [0.25, 0.3) is 6.08 Å². The summed E-state index contributed by atoms with van der Waals surface area (Å²) in [6.45, 7) is 5.82. The predicted molar refractivity (Wildman–Crippen MR) is 103 cm³/mol. The molecular weight excluding hydrogens is 390 g/mol. The summed E-state index contributed by atoms with van der Waals surface area (Å²) < 4.78 is 20.2. The molecule has 2 amide bonds. The molecule has 28 heavy (non-hydrogen) atoms. The molecule has 1 aromatic carbocycles. The van der Waals surface area contributed by atoms with Gasteiger partial charge in [0.1, 0.15) is 0 Å². The predicted octanol–water partition coefficient (Wildman–Crippen LogP) is 3.21. The van der Waals surface area contributed by atoms with E-state index in [4.69, 9.17) is 25.8 Å². The van der Waals surface area contributed by atoms with Gasteiger partial charge in [0.2, 0.25) is 0 Å². The normalized spacial score (nSPS) is 11.8. The van der Waals surface area contributed by atoms with Gasteiger partial charge in [0.25, 0.3) is 5.91 Å². The molecule has 0 fully saturated rings. The Morgan fingerprint density at radius 2 is 1.86 bits per heavy atom. The first-order valence-electron chi connectivity index (χ1n) is 8.45. The first-order valence-corrected chi connectivity index (χ1v) is 8.83. The van der Waals surface area contributed by atoms with Crippen LogP contribution in [0.3, 0.4) is 0 Å². The highest BCUT2D eigenvalue weighted by Gasteiger charge is 2.19. The van der Waals surface area contributed by atoms with Crippen LogP contribution in [0.2, 0.25) is 5.02 Å². The molecule has 0 saturated heterocycles. The van der Waals surface area contributed by atoms with Crippen LogP contribution < -0.4 is 14.8 Å².